The van der Waals surface area contributed by atoms with E-state index in [0.29, 0.717) is 22.0 Å². The van der Waals surface area contributed by atoms with E-state index in [0.717, 1.165) is 15.7 Å². The molecule has 2 amide bonds. The maximum atomic E-state index is 13.7. The van der Waals surface area contributed by atoms with E-state index >= 15 is 0 Å². The van der Waals surface area contributed by atoms with Gasteiger partial charge in [-0.1, -0.05) is 54.6 Å². The normalized spacial score (nSPS) is 12.8. The molecule has 0 aromatic heterocycles. The number of aromatic carboxylic acids is 1. The van der Waals surface area contributed by atoms with Gasteiger partial charge in [0, 0.05) is 17.0 Å². The Morgan fingerprint density at radius 1 is 0.784 bits per heavy atom. The van der Waals surface area contributed by atoms with E-state index in [1.165, 1.54) is 30.3 Å². The number of hydrogen-bond donors (Lipinski definition) is 1. The number of fused-ring (bicyclic) bond motifs is 1. The van der Waals surface area contributed by atoms with Crippen molar-refractivity contribution in [1.29, 1.82) is 0 Å². The summed E-state index contributed by atoms with van der Waals surface area (Å²) in [7, 11) is 0. The molecule has 0 bridgehead atoms. The number of nitro benzene ring substituents is 1. The number of hydrogen-bond acceptors (Lipinski definition) is 5. The Labute approximate surface area is 209 Å². The van der Waals surface area contributed by atoms with Gasteiger partial charge in [0.15, 0.2) is 0 Å². The van der Waals surface area contributed by atoms with Crippen molar-refractivity contribution in [3.63, 3.8) is 0 Å². The number of carbonyl (C=O) groups excluding carboxylic acids is 2. The lowest BCUT2D eigenvalue weighted by molar-refractivity contribution is -0.384. The van der Waals surface area contributed by atoms with Crippen LogP contribution >= 0.6 is 0 Å². The smallest absolute Gasteiger partial charge is 0.335 e. The van der Waals surface area contributed by atoms with Crippen LogP contribution in [0.15, 0.2) is 91.0 Å². The van der Waals surface area contributed by atoms with E-state index in [1.54, 1.807) is 30.3 Å². The maximum Gasteiger partial charge on any atom is 0.335 e. The highest BCUT2D eigenvalue weighted by molar-refractivity contribution is 6.37. The van der Waals surface area contributed by atoms with Gasteiger partial charge in [0.2, 0.25) is 0 Å². The van der Waals surface area contributed by atoms with Crippen molar-refractivity contribution >= 4 is 50.7 Å². The zero-order chi connectivity index (χ0) is 25.8. The monoisotopic (exact) mass is 488 g/mol. The molecule has 8 heteroatoms. The van der Waals surface area contributed by atoms with Crippen LogP contribution in [0.5, 0.6) is 0 Å². The molecule has 1 N–H and O–H groups in total. The molecule has 0 atom stereocenters. The molecule has 1 aliphatic heterocycles. The summed E-state index contributed by atoms with van der Waals surface area (Å²) in [6, 6.07) is 24.5. The summed E-state index contributed by atoms with van der Waals surface area (Å²) in [5, 5.41) is 23.9. The number of carboxylic acid groups (broad SMARTS) is 1. The summed E-state index contributed by atoms with van der Waals surface area (Å²) >= 11 is 0. The van der Waals surface area contributed by atoms with Gasteiger partial charge in [-0.15, -0.1) is 0 Å². The quantitative estimate of drug-likeness (QED) is 0.186. The molecule has 37 heavy (non-hydrogen) atoms. The Kier molecular flexibility index (Phi) is 4.84. The van der Waals surface area contributed by atoms with Crippen LogP contribution in [0, 0.1) is 10.1 Å². The van der Waals surface area contributed by atoms with Crippen LogP contribution in [0.4, 0.5) is 11.4 Å². The molecule has 5 aromatic carbocycles. The number of anilines is 1. The first-order valence-electron chi connectivity index (χ1n) is 11.3. The van der Waals surface area contributed by atoms with Gasteiger partial charge < -0.3 is 5.11 Å². The number of amides is 2. The highest BCUT2D eigenvalue weighted by Gasteiger charge is 2.37. The molecule has 0 aliphatic carbocycles. The second kappa shape index (κ2) is 8.10. The third-order valence-electron chi connectivity index (χ3n) is 6.62. The number of benzene rings is 5. The molecule has 1 aliphatic rings. The van der Waals surface area contributed by atoms with Crippen molar-refractivity contribution < 1.29 is 24.4 Å². The van der Waals surface area contributed by atoms with Crippen LogP contribution in [0.1, 0.15) is 31.1 Å². The van der Waals surface area contributed by atoms with Crippen LogP contribution in [0.2, 0.25) is 0 Å². The summed E-state index contributed by atoms with van der Waals surface area (Å²) in [4.78, 5) is 51.3. The topological polar surface area (TPSA) is 118 Å². The fraction of sp³-hybridized carbons (Fsp3) is 0. The molecule has 0 unspecified atom stereocenters. The predicted octanol–water partition coefficient (Wildman–Crippen LogP) is 6.07. The van der Waals surface area contributed by atoms with Gasteiger partial charge in [0.05, 0.1) is 27.3 Å². The van der Waals surface area contributed by atoms with Gasteiger partial charge in [-0.05, 0) is 52.1 Å². The van der Waals surface area contributed by atoms with Gasteiger partial charge in [0.1, 0.15) is 0 Å². The summed E-state index contributed by atoms with van der Waals surface area (Å²) in [6.07, 6.45) is 0. The first kappa shape index (κ1) is 22.1. The molecule has 5 aromatic rings. The predicted molar refractivity (Wildman–Crippen MR) is 138 cm³/mol. The molecule has 0 fully saturated rings. The van der Waals surface area contributed by atoms with Crippen LogP contribution in [0.25, 0.3) is 32.7 Å². The molecule has 8 nitrogen and oxygen atoms in total. The SMILES string of the molecule is O=C(O)c1ccc(-c2c([N+](=O)[O-])cc3c4c(cccc24)C(=O)N(c2ccc4ccccc4c2)C3=O)cc1. The van der Waals surface area contributed by atoms with Crippen molar-refractivity contribution in [2.75, 3.05) is 4.90 Å². The number of nitrogens with zero attached hydrogens (tertiary/aromatic N) is 2. The van der Waals surface area contributed by atoms with Gasteiger partial charge in [-0.3, -0.25) is 19.7 Å². The van der Waals surface area contributed by atoms with Gasteiger partial charge in [-0.25, -0.2) is 9.69 Å². The molecule has 0 saturated heterocycles. The highest BCUT2D eigenvalue weighted by Crippen LogP contribution is 2.43. The molecule has 0 saturated carbocycles. The fourth-order valence-corrected chi connectivity index (χ4v) is 4.93. The largest absolute Gasteiger partial charge is 0.478 e. The number of carbonyl (C=O) groups is 3. The summed E-state index contributed by atoms with van der Waals surface area (Å²) in [6.45, 7) is 0. The lowest BCUT2D eigenvalue weighted by atomic mass is 9.87. The first-order chi connectivity index (χ1) is 17.8. The lowest BCUT2D eigenvalue weighted by Gasteiger charge is -2.28. The van der Waals surface area contributed by atoms with Gasteiger partial charge in [0.25, 0.3) is 17.5 Å². The summed E-state index contributed by atoms with van der Waals surface area (Å²) in [5.41, 5.74) is 0.996. The zero-order valence-electron chi connectivity index (χ0n) is 19.0. The minimum Gasteiger partial charge on any atom is -0.478 e. The van der Waals surface area contributed by atoms with Crippen LogP contribution < -0.4 is 4.90 Å². The molecule has 0 spiro atoms. The van der Waals surface area contributed by atoms with Gasteiger partial charge >= 0.3 is 5.97 Å². The van der Waals surface area contributed by atoms with Crippen LogP contribution in [-0.4, -0.2) is 27.8 Å². The molecular formula is C29H16N2O6. The van der Waals surface area contributed by atoms with E-state index in [9.17, 15) is 29.6 Å². The van der Waals surface area contributed by atoms with Crippen molar-refractivity contribution in [1.82, 2.24) is 0 Å². The van der Waals surface area contributed by atoms with Crippen LogP contribution in [-0.2, 0) is 0 Å². The fourth-order valence-electron chi connectivity index (χ4n) is 4.93. The Morgan fingerprint density at radius 3 is 2.19 bits per heavy atom. The Balaban J connectivity index is 1.59. The molecule has 178 valence electrons. The second-order valence-corrected chi connectivity index (χ2v) is 8.66. The zero-order valence-corrected chi connectivity index (χ0v) is 19.0. The standard InChI is InChI=1S/C29H16N2O6/c32-27-22-7-3-6-21-25(17-8-10-18(11-9-17)29(34)35)24(31(36)37)15-23(26(21)22)28(33)30(27)20-13-12-16-4-1-2-5-19(16)14-20/h1-15H,(H,34,35). The number of rotatable bonds is 4. The molecule has 0 radical (unpaired) electrons. The maximum absolute atomic E-state index is 13.7. The second-order valence-electron chi connectivity index (χ2n) is 8.66. The van der Waals surface area contributed by atoms with Crippen LogP contribution in [0.3, 0.4) is 0 Å². The molecule has 6 rings (SSSR count). The van der Waals surface area contributed by atoms with Crippen molar-refractivity contribution in [2.45, 2.75) is 0 Å². The molecular weight excluding hydrogens is 472 g/mol. The third-order valence-corrected chi connectivity index (χ3v) is 6.62. The highest BCUT2D eigenvalue weighted by atomic mass is 16.6. The minimum absolute atomic E-state index is 0.0329. The Hall–Kier alpha value is -5.37. The average molecular weight is 488 g/mol. The summed E-state index contributed by atoms with van der Waals surface area (Å²) < 4.78 is 0. The average Bonchev–Trinajstić information content (AvgIpc) is 2.91. The summed E-state index contributed by atoms with van der Waals surface area (Å²) in [5.74, 6) is -2.30. The number of imide groups is 1. The lowest BCUT2D eigenvalue weighted by Crippen LogP contribution is -2.40. The van der Waals surface area contributed by atoms with E-state index in [4.69, 9.17) is 0 Å². The third kappa shape index (κ3) is 3.35. The van der Waals surface area contributed by atoms with Crippen molar-refractivity contribution in [3.05, 3.63) is 118 Å². The van der Waals surface area contributed by atoms with E-state index in [1.807, 2.05) is 30.3 Å². The number of nitro groups is 1. The van der Waals surface area contributed by atoms with E-state index < -0.39 is 22.7 Å². The van der Waals surface area contributed by atoms with E-state index in [2.05, 4.69) is 0 Å². The van der Waals surface area contributed by atoms with Crippen molar-refractivity contribution in [3.8, 4) is 11.1 Å². The van der Waals surface area contributed by atoms with Gasteiger partial charge in [-0.2, -0.15) is 0 Å². The first-order valence-corrected chi connectivity index (χ1v) is 11.3. The Bertz CT molecular complexity index is 1820. The van der Waals surface area contributed by atoms with Crippen molar-refractivity contribution in [2.24, 2.45) is 0 Å². The minimum atomic E-state index is -1.12. The molecule has 1 heterocycles. The Morgan fingerprint density at radius 2 is 1.49 bits per heavy atom. The number of carboxylic acids is 1. The van der Waals surface area contributed by atoms with E-state index in [-0.39, 0.29) is 27.9 Å².